The van der Waals surface area contributed by atoms with Gasteiger partial charge in [-0.2, -0.15) is 13.2 Å². The molecule has 1 heterocycles. The standard InChI is InChI=1S/C11H14F3N3O/c1-7(5-15-2)10(18)17-8-3-4-9(16-6-8)11(12,13)14/h3-4,6-7,15H,5H2,1-2H3,(H,17,18). The minimum absolute atomic E-state index is 0.246. The average Bonchev–Trinajstić information content (AvgIpc) is 2.28. The number of hydrogen-bond donors (Lipinski definition) is 2. The van der Waals surface area contributed by atoms with Gasteiger partial charge in [0.15, 0.2) is 0 Å². The molecule has 7 heteroatoms. The van der Waals surface area contributed by atoms with Crippen LogP contribution < -0.4 is 10.6 Å². The third-order valence-electron chi connectivity index (χ3n) is 2.28. The number of halogens is 3. The zero-order valence-electron chi connectivity index (χ0n) is 10.0. The monoisotopic (exact) mass is 261 g/mol. The van der Waals surface area contributed by atoms with E-state index in [0.717, 1.165) is 12.3 Å². The van der Waals surface area contributed by atoms with E-state index in [-0.39, 0.29) is 17.5 Å². The Bertz CT molecular complexity index is 403. The molecule has 0 bridgehead atoms. The van der Waals surface area contributed by atoms with Gasteiger partial charge in [-0.15, -0.1) is 0 Å². The van der Waals surface area contributed by atoms with E-state index in [4.69, 9.17) is 0 Å². The van der Waals surface area contributed by atoms with Crippen LogP contribution in [0.3, 0.4) is 0 Å². The number of aromatic nitrogens is 1. The molecule has 1 rings (SSSR count). The SMILES string of the molecule is CNCC(C)C(=O)Nc1ccc(C(F)(F)F)nc1. The summed E-state index contributed by atoms with van der Waals surface area (Å²) in [5.74, 6) is -0.553. The molecule has 4 nitrogen and oxygen atoms in total. The van der Waals surface area contributed by atoms with E-state index in [1.54, 1.807) is 14.0 Å². The van der Waals surface area contributed by atoms with Crippen molar-refractivity contribution in [2.75, 3.05) is 18.9 Å². The van der Waals surface area contributed by atoms with Crippen molar-refractivity contribution in [2.45, 2.75) is 13.1 Å². The molecule has 1 unspecified atom stereocenters. The molecule has 0 saturated heterocycles. The maximum absolute atomic E-state index is 12.3. The second kappa shape index (κ2) is 5.81. The summed E-state index contributed by atoms with van der Waals surface area (Å²) in [4.78, 5) is 14.8. The Hall–Kier alpha value is -1.63. The number of carbonyl (C=O) groups excluding carboxylic acids is 1. The predicted molar refractivity (Wildman–Crippen MR) is 61.0 cm³/mol. The van der Waals surface area contributed by atoms with Crippen molar-refractivity contribution in [3.05, 3.63) is 24.0 Å². The van der Waals surface area contributed by atoms with Crippen LogP contribution in [0.4, 0.5) is 18.9 Å². The molecule has 0 saturated carbocycles. The van der Waals surface area contributed by atoms with E-state index in [2.05, 4.69) is 15.6 Å². The lowest BCUT2D eigenvalue weighted by molar-refractivity contribution is -0.141. The van der Waals surface area contributed by atoms with Crippen LogP contribution >= 0.6 is 0 Å². The van der Waals surface area contributed by atoms with Crippen LogP contribution in [-0.4, -0.2) is 24.5 Å². The van der Waals surface area contributed by atoms with Gasteiger partial charge in [-0.05, 0) is 19.2 Å². The van der Waals surface area contributed by atoms with Gasteiger partial charge in [0.25, 0.3) is 0 Å². The summed E-state index contributed by atoms with van der Waals surface area (Å²) in [6, 6.07) is 2.01. The molecule has 2 N–H and O–H groups in total. The van der Waals surface area contributed by atoms with E-state index in [9.17, 15) is 18.0 Å². The second-order valence-electron chi connectivity index (χ2n) is 3.88. The third kappa shape index (κ3) is 3.99. The Kier molecular flexibility index (Phi) is 4.66. The molecule has 0 aromatic carbocycles. The van der Waals surface area contributed by atoms with Crippen molar-refractivity contribution in [2.24, 2.45) is 5.92 Å². The first-order valence-corrected chi connectivity index (χ1v) is 5.33. The molecule has 0 fully saturated rings. The number of nitrogens with zero attached hydrogens (tertiary/aromatic N) is 1. The van der Waals surface area contributed by atoms with E-state index < -0.39 is 11.9 Å². The molecule has 100 valence electrons. The number of hydrogen-bond acceptors (Lipinski definition) is 3. The average molecular weight is 261 g/mol. The molecule has 0 radical (unpaired) electrons. The maximum Gasteiger partial charge on any atom is 0.433 e. The molecule has 1 aromatic rings. The maximum atomic E-state index is 12.3. The molecule has 0 aliphatic rings. The molecular formula is C11H14F3N3O. The molecule has 1 aromatic heterocycles. The lowest BCUT2D eigenvalue weighted by Gasteiger charge is -2.12. The highest BCUT2D eigenvalue weighted by atomic mass is 19.4. The Morgan fingerprint density at radius 1 is 1.44 bits per heavy atom. The Labute approximate surface area is 103 Å². The summed E-state index contributed by atoms with van der Waals surface area (Å²) < 4.78 is 36.8. The van der Waals surface area contributed by atoms with Crippen LogP contribution in [0.1, 0.15) is 12.6 Å². The highest BCUT2D eigenvalue weighted by Crippen LogP contribution is 2.27. The summed E-state index contributed by atoms with van der Waals surface area (Å²) in [7, 11) is 1.71. The minimum atomic E-state index is -4.47. The first-order valence-electron chi connectivity index (χ1n) is 5.33. The molecular weight excluding hydrogens is 247 g/mol. The third-order valence-corrected chi connectivity index (χ3v) is 2.28. The summed E-state index contributed by atoms with van der Waals surface area (Å²) in [6.45, 7) is 2.20. The van der Waals surface area contributed by atoms with Crippen LogP contribution in [0.25, 0.3) is 0 Å². The lowest BCUT2D eigenvalue weighted by atomic mass is 10.1. The van der Waals surface area contributed by atoms with Crippen LogP contribution in [0.15, 0.2) is 18.3 Å². The highest BCUT2D eigenvalue weighted by Gasteiger charge is 2.32. The van der Waals surface area contributed by atoms with E-state index in [1.165, 1.54) is 6.07 Å². The number of pyridine rings is 1. The minimum Gasteiger partial charge on any atom is -0.324 e. The number of rotatable bonds is 4. The normalized spacial score (nSPS) is 13.2. The summed E-state index contributed by atoms with van der Waals surface area (Å²) >= 11 is 0. The Balaban J connectivity index is 2.67. The quantitative estimate of drug-likeness (QED) is 0.870. The molecule has 0 spiro atoms. The van der Waals surface area contributed by atoms with Gasteiger partial charge < -0.3 is 10.6 Å². The smallest absolute Gasteiger partial charge is 0.324 e. The number of alkyl halides is 3. The van der Waals surface area contributed by atoms with Gasteiger partial charge in [-0.3, -0.25) is 4.79 Å². The fourth-order valence-electron chi connectivity index (χ4n) is 1.30. The van der Waals surface area contributed by atoms with Gasteiger partial charge >= 0.3 is 6.18 Å². The number of carbonyl (C=O) groups is 1. The van der Waals surface area contributed by atoms with E-state index in [1.807, 2.05) is 0 Å². The van der Waals surface area contributed by atoms with Crippen LogP contribution in [-0.2, 0) is 11.0 Å². The van der Waals surface area contributed by atoms with Gasteiger partial charge in [0, 0.05) is 12.5 Å². The lowest BCUT2D eigenvalue weighted by Crippen LogP contribution is -2.28. The molecule has 1 amide bonds. The van der Waals surface area contributed by atoms with Crippen LogP contribution in [0, 0.1) is 5.92 Å². The number of nitrogens with one attached hydrogen (secondary N) is 2. The fourth-order valence-corrected chi connectivity index (χ4v) is 1.30. The van der Waals surface area contributed by atoms with Crippen molar-refractivity contribution < 1.29 is 18.0 Å². The fraction of sp³-hybridized carbons (Fsp3) is 0.455. The van der Waals surface area contributed by atoms with Gasteiger partial charge in [0.05, 0.1) is 11.9 Å². The molecule has 0 aliphatic heterocycles. The number of amides is 1. The van der Waals surface area contributed by atoms with Gasteiger partial charge in [-0.1, -0.05) is 6.92 Å². The summed E-state index contributed by atoms with van der Waals surface area (Å²) in [6.07, 6.45) is -3.48. The zero-order chi connectivity index (χ0) is 13.8. The first kappa shape index (κ1) is 14.4. The predicted octanol–water partition coefficient (Wildman–Crippen LogP) is 1.89. The van der Waals surface area contributed by atoms with Crippen LogP contribution in [0.5, 0.6) is 0 Å². The Morgan fingerprint density at radius 3 is 2.56 bits per heavy atom. The van der Waals surface area contributed by atoms with Crippen molar-refractivity contribution >= 4 is 11.6 Å². The largest absolute Gasteiger partial charge is 0.433 e. The highest BCUT2D eigenvalue weighted by molar-refractivity contribution is 5.92. The van der Waals surface area contributed by atoms with Gasteiger partial charge in [0.1, 0.15) is 5.69 Å². The molecule has 0 aliphatic carbocycles. The van der Waals surface area contributed by atoms with Crippen molar-refractivity contribution in [3.8, 4) is 0 Å². The molecule has 1 atom stereocenters. The van der Waals surface area contributed by atoms with Crippen molar-refractivity contribution in [3.63, 3.8) is 0 Å². The summed E-state index contributed by atoms with van der Waals surface area (Å²) in [5, 5.41) is 5.33. The topological polar surface area (TPSA) is 54.0 Å². The van der Waals surface area contributed by atoms with Crippen molar-refractivity contribution in [1.82, 2.24) is 10.3 Å². The first-order chi connectivity index (χ1) is 8.34. The van der Waals surface area contributed by atoms with E-state index >= 15 is 0 Å². The Morgan fingerprint density at radius 2 is 2.11 bits per heavy atom. The van der Waals surface area contributed by atoms with E-state index in [0.29, 0.717) is 6.54 Å². The van der Waals surface area contributed by atoms with Crippen molar-refractivity contribution in [1.29, 1.82) is 0 Å². The van der Waals surface area contributed by atoms with Gasteiger partial charge in [-0.25, -0.2) is 4.98 Å². The number of anilines is 1. The van der Waals surface area contributed by atoms with Crippen LogP contribution in [0.2, 0.25) is 0 Å². The second-order valence-corrected chi connectivity index (χ2v) is 3.88. The zero-order valence-corrected chi connectivity index (χ0v) is 10.0. The summed E-state index contributed by atoms with van der Waals surface area (Å²) in [5.41, 5.74) is -0.736. The van der Waals surface area contributed by atoms with Gasteiger partial charge in [0.2, 0.25) is 5.91 Å². The molecule has 18 heavy (non-hydrogen) atoms.